The predicted molar refractivity (Wildman–Crippen MR) is 85.4 cm³/mol. The molecule has 8 heteroatoms. The van der Waals surface area contributed by atoms with Crippen LogP contribution in [0.5, 0.6) is 0 Å². The van der Waals surface area contributed by atoms with Gasteiger partial charge in [0.25, 0.3) is 0 Å². The van der Waals surface area contributed by atoms with Gasteiger partial charge in [-0.15, -0.1) is 0 Å². The Kier molecular flexibility index (Phi) is 6.02. The van der Waals surface area contributed by atoms with Gasteiger partial charge in [-0.2, -0.15) is 4.31 Å². The Morgan fingerprint density at radius 3 is 2.52 bits per heavy atom. The summed E-state index contributed by atoms with van der Waals surface area (Å²) in [6.07, 6.45) is 5.84. The first-order valence-corrected chi connectivity index (χ1v) is 10.1. The van der Waals surface area contributed by atoms with E-state index in [1.165, 1.54) is 4.31 Å². The molecule has 7 nitrogen and oxygen atoms in total. The highest BCUT2D eigenvalue weighted by molar-refractivity contribution is 7.88. The predicted octanol–water partition coefficient (Wildman–Crippen LogP) is 0.904. The second-order valence-corrected chi connectivity index (χ2v) is 8.55. The van der Waals surface area contributed by atoms with Gasteiger partial charge in [0.1, 0.15) is 6.04 Å². The van der Waals surface area contributed by atoms with E-state index in [0.717, 1.165) is 31.9 Å². The van der Waals surface area contributed by atoms with Crippen molar-refractivity contribution in [2.75, 3.05) is 25.9 Å². The fourth-order valence-electron chi connectivity index (χ4n) is 3.59. The molecule has 23 heavy (non-hydrogen) atoms. The van der Waals surface area contributed by atoms with Gasteiger partial charge in [-0.3, -0.25) is 9.59 Å². The smallest absolute Gasteiger partial charge is 0.303 e. The number of carboxylic acid groups (broad SMARTS) is 1. The van der Waals surface area contributed by atoms with Gasteiger partial charge in [0, 0.05) is 26.1 Å². The normalized spacial score (nSPS) is 26.9. The number of carbonyl (C=O) groups is 2. The van der Waals surface area contributed by atoms with Crippen molar-refractivity contribution in [1.29, 1.82) is 0 Å². The lowest BCUT2D eigenvalue weighted by atomic mass is 9.92. The summed E-state index contributed by atoms with van der Waals surface area (Å²) in [5.74, 6) is -0.738. The van der Waals surface area contributed by atoms with Crippen LogP contribution in [-0.4, -0.2) is 66.5 Å². The fourth-order valence-corrected chi connectivity index (χ4v) is 4.71. The van der Waals surface area contributed by atoms with Gasteiger partial charge in [0.15, 0.2) is 0 Å². The molecule has 2 unspecified atom stereocenters. The van der Waals surface area contributed by atoms with Crippen molar-refractivity contribution in [2.24, 2.45) is 5.92 Å². The summed E-state index contributed by atoms with van der Waals surface area (Å²) in [5, 5.41) is 8.79. The molecular weight excluding hydrogens is 320 g/mol. The Morgan fingerprint density at radius 1 is 1.13 bits per heavy atom. The van der Waals surface area contributed by atoms with Crippen molar-refractivity contribution >= 4 is 21.9 Å². The minimum atomic E-state index is -3.39. The first-order chi connectivity index (χ1) is 10.8. The van der Waals surface area contributed by atoms with Crippen LogP contribution in [0.15, 0.2) is 0 Å². The van der Waals surface area contributed by atoms with E-state index in [1.807, 2.05) is 0 Å². The molecule has 132 valence electrons. The van der Waals surface area contributed by atoms with E-state index in [4.69, 9.17) is 5.11 Å². The van der Waals surface area contributed by atoms with Crippen LogP contribution < -0.4 is 0 Å². The van der Waals surface area contributed by atoms with E-state index in [1.54, 1.807) is 4.90 Å². The third-order valence-electron chi connectivity index (χ3n) is 4.76. The van der Waals surface area contributed by atoms with Crippen LogP contribution in [-0.2, 0) is 19.6 Å². The van der Waals surface area contributed by atoms with Crippen molar-refractivity contribution < 1.29 is 23.1 Å². The van der Waals surface area contributed by atoms with Gasteiger partial charge >= 0.3 is 5.97 Å². The molecule has 0 spiro atoms. The molecule has 0 bridgehead atoms. The standard InChI is InChI=1S/C15H26N2O5S/c1-23(21,22)17-10-3-2-6-13(17)15(20)16-9-4-5-12(11-16)7-8-14(18)19/h12-13H,2-11H2,1H3,(H,18,19). The molecule has 0 radical (unpaired) electrons. The molecule has 0 saturated carbocycles. The summed E-state index contributed by atoms with van der Waals surface area (Å²) in [7, 11) is -3.39. The molecule has 1 amide bonds. The van der Waals surface area contributed by atoms with Gasteiger partial charge in [-0.1, -0.05) is 6.42 Å². The average molecular weight is 346 g/mol. The van der Waals surface area contributed by atoms with Gasteiger partial charge in [-0.05, 0) is 38.0 Å². The molecule has 2 atom stereocenters. The van der Waals surface area contributed by atoms with E-state index in [0.29, 0.717) is 32.5 Å². The molecule has 2 fully saturated rings. The largest absolute Gasteiger partial charge is 0.481 e. The second-order valence-electron chi connectivity index (χ2n) is 6.61. The van der Waals surface area contributed by atoms with Crippen molar-refractivity contribution in [2.45, 2.75) is 51.0 Å². The molecule has 0 aromatic carbocycles. The highest BCUT2D eigenvalue weighted by Gasteiger charge is 2.37. The number of nitrogens with zero attached hydrogens (tertiary/aromatic N) is 2. The molecule has 2 rings (SSSR count). The zero-order valence-corrected chi connectivity index (χ0v) is 14.4. The summed E-state index contributed by atoms with van der Waals surface area (Å²) in [6.45, 7) is 1.59. The number of hydrogen-bond acceptors (Lipinski definition) is 4. The summed E-state index contributed by atoms with van der Waals surface area (Å²) >= 11 is 0. The average Bonchev–Trinajstić information content (AvgIpc) is 2.51. The monoisotopic (exact) mass is 346 g/mol. The van der Waals surface area contributed by atoms with Crippen molar-refractivity contribution in [3.8, 4) is 0 Å². The molecule has 0 aliphatic carbocycles. The number of aliphatic carboxylic acids is 1. The Balaban J connectivity index is 2.01. The lowest BCUT2D eigenvalue weighted by Crippen LogP contribution is -2.54. The van der Waals surface area contributed by atoms with E-state index in [-0.39, 0.29) is 18.2 Å². The SMILES string of the molecule is CS(=O)(=O)N1CCCCC1C(=O)N1CCCC(CCC(=O)O)C1. The quantitative estimate of drug-likeness (QED) is 0.798. The molecular formula is C15H26N2O5S. The summed E-state index contributed by atoms with van der Waals surface area (Å²) in [5.41, 5.74) is 0. The van der Waals surface area contributed by atoms with Crippen LogP contribution in [0.1, 0.15) is 44.9 Å². The zero-order chi connectivity index (χ0) is 17.0. The molecule has 2 heterocycles. The van der Waals surface area contributed by atoms with E-state index >= 15 is 0 Å². The third kappa shape index (κ3) is 4.91. The maximum atomic E-state index is 12.8. The minimum absolute atomic E-state index is 0.116. The molecule has 0 aromatic heterocycles. The Hall–Kier alpha value is -1.15. The van der Waals surface area contributed by atoms with Gasteiger partial charge in [0.2, 0.25) is 15.9 Å². The zero-order valence-electron chi connectivity index (χ0n) is 13.6. The number of rotatable bonds is 5. The van der Waals surface area contributed by atoms with Crippen LogP contribution >= 0.6 is 0 Å². The Labute approximate surface area is 137 Å². The lowest BCUT2D eigenvalue weighted by molar-refractivity contribution is -0.138. The number of sulfonamides is 1. The third-order valence-corrected chi connectivity index (χ3v) is 6.05. The van der Waals surface area contributed by atoms with Crippen molar-refractivity contribution in [1.82, 2.24) is 9.21 Å². The van der Waals surface area contributed by atoms with Crippen LogP contribution in [0.25, 0.3) is 0 Å². The number of likely N-dealkylation sites (tertiary alicyclic amines) is 1. The lowest BCUT2D eigenvalue weighted by Gasteiger charge is -2.39. The maximum absolute atomic E-state index is 12.8. The van der Waals surface area contributed by atoms with Crippen LogP contribution in [0.2, 0.25) is 0 Å². The Bertz CT molecular complexity index is 548. The molecule has 1 N–H and O–H groups in total. The summed E-state index contributed by atoms with van der Waals surface area (Å²) in [6, 6.07) is -0.586. The van der Waals surface area contributed by atoms with E-state index < -0.39 is 22.0 Å². The summed E-state index contributed by atoms with van der Waals surface area (Å²) < 4.78 is 25.2. The highest BCUT2D eigenvalue weighted by Crippen LogP contribution is 2.26. The highest BCUT2D eigenvalue weighted by atomic mass is 32.2. The van der Waals surface area contributed by atoms with Crippen LogP contribution in [0.3, 0.4) is 0 Å². The van der Waals surface area contributed by atoms with Crippen LogP contribution in [0.4, 0.5) is 0 Å². The van der Waals surface area contributed by atoms with E-state index in [9.17, 15) is 18.0 Å². The van der Waals surface area contributed by atoms with Crippen molar-refractivity contribution in [3.05, 3.63) is 0 Å². The number of piperidine rings is 2. The van der Waals surface area contributed by atoms with Gasteiger partial charge < -0.3 is 10.0 Å². The minimum Gasteiger partial charge on any atom is -0.481 e. The Morgan fingerprint density at radius 2 is 1.87 bits per heavy atom. The molecule has 2 saturated heterocycles. The number of hydrogen-bond donors (Lipinski definition) is 1. The topological polar surface area (TPSA) is 95.0 Å². The fraction of sp³-hybridized carbons (Fsp3) is 0.867. The van der Waals surface area contributed by atoms with Gasteiger partial charge in [-0.25, -0.2) is 8.42 Å². The number of carboxylic acids is 1. The van der Waals surface area contributed by atoms with E-state index in [2.05, 4.69) is 0 Å². The maximum Gasteiger partial charge on any atom is 0.303 e. The number of amides is 1. The van der Waals surface area contributed by atoms with Gasteiger partial charge in [0.05, 0.1) is 6.26 Å². The molecule has 2 aliphatic rings. The number of carbonyl (C=O) groups excluding carboxylic acids is 1. The first-order valence-electron chi connectivity index (χ1n) is 8.26. The summed E-state index contributed by atoms with van der Waals surface area (Å²) in [4.78, 5) is 25.2. The van der Waals surface area contributed by atoms with Crippen LogP contribution in [0, 0.1) is 5.92 Å². The molecule has 2 aliphatic heterocycles. The van der Waals surface area contributed by atoms with Crippen molar-refractivity contribution in [3.63, 3.8) is 0 Å². The molecule has 0 aromatic rings. The second kappa shape index (κ2) is 7.61. The first kappa shape index (κ1) is 18.2.